The molecule has 0 saturated heterocycles. The highest BCUT2D eigenvalue weighted by atomic mass is 32.2. The van der Waals surface area contributed by atoms with E-state index in [1.165, 1.54) is 11.8 Å². The van der Waals surface area contributed by atoms with Crippen molar-refractivity contribution in [3.05, 3.63) is 36.0 Å². The number of para-hydroxylation sites is 1. The second-order valence-corrected chi connectivity index (χ2v) is 6.26. The Morgan fingerprint density at radius 1 is 1.50 bits per heavy atom. The molecule has 3 N–H and O–H groups in total. The zero-order valence-corrected chi connectivity index (χ0v) is 12.7. The van der Waals surface area contributed by atoms with Gasteiger partial charge in [-0.1, -0.05) is 49.1 Å². The maximum absolute atomic E-state index is 11.4. The Balaban J connectivity index is 2.15. The fraction of sp³-hybridized carbons (Fsp3) is 0.286. The Labute approximate surface area is 126 Å². The number of thioether (sulfide) groups is 1. The maximum atomic E-state index is 11.4. The molecule has 0 aliphatic heterocycles. The van der Waals surface area contributed by atoms with Crippen molar-refractivity contribution in [2.75, 3.05) is 5.75 Å². The minimum Gasteiger partial charge on any atom is -0.480 e. The third-order valence-electron chi connectivity index (χ3n) is 2.96. The van der Waals surface area contributed by atoms with Crippen LogP contribution in [0.4, 0.5) is 0 Å². The Hall–Kier alpha value is -1.53. The summed E-state index contributed by atoms with van der Waals surface area (Å²) in [7, 11) is 0. The molecule has 0 aliphatic rings. The number of rotatable bonds is 5. The number of hydrogen-bond acceptors (Lipinski definition) is 3. The van der Waals surface area contributed by atoms with Crippen molar-refractivity contribution >= 4 is 45.2 Å². The average molecular weight is 308 g/mol. The molecular formula is C14H16N2O2S2. The minimum absolute atomic E-state index is 0.393. The van der Waals surface area contributed by atoms with Gasteiger partial charge < -0.3 is 15.4 Å². The maximum Gasteiger partial charge on any atom is 0.326 e. The van der Waals surface area contributed by atoms with E-state index in [1.807, 2.05) is 37.4 Å². The first-order chi connectivity index (χ1) is 9.61. The number of carboxylic acid groups (broad SMARTS) is 1. The van der Waals surface area contributed by atoms with Gasteiger partial charge in [-0.05, 0) is 17.4 Å². The van der Waals surface area contributed by atoms with E-state index in [-0.39, 0.29) is 0 Å². The van der Waals surface area contributed by atoms with Crippen LogP contribution >= 0.6 is 24.0 Å². The summed E-state index contributed by atoms with van der Waals surface area (Å²) in [6.07, 6.45) is 2.25. The first-order valence-electron chi connectivity index (χ1n) is 6.33. The molecule has 20 heavy (non-hydrogen) atoms. The van der Waals surface area contributed by atoms with Crippen LogP contribution in [0, 0.1) is 0 Å². The molecular weight excluding hydrogens is 292 g/mol. The summed E-state index contributed by atoms with van der Waals surface area (Å²) in [4.78, 5) is 14.5. The van der Waals surface area contributed by atoms with Crippen LogP contribution in [-0.4, -0.2) is 32.2 Å². The van der Waals surface area contributed by atoms with Gasteiger partial charge in [-0.25, -0.2) is 4.79 Å². The molecule has 2 rings (SSSR count). The highest BCUT2D eigenvalue weighted by Crippen LogP contribution is 2.19. The van der Waals surface area contributed by atoms with Crippen LogP contribution in [0.1, 0.15) is 12.5 Å². The molecule has 0 spiro atoms. The minimum atomic E-state index is -0.894. The van der Waals surface area contributed by atoms with Crippen LogP contribution in [0.3, 0.4) is 0 Å². The summed E-state index contributed by atoms with van der Waals surface area (Å²) >= 11 is 6.56. The Morgan fingerprint density at radius 3 is 2.95 bits per heavy atom. The van der Waals surface area contributed by atoms with Gasteiger partial charge in [0.05, 0.1) is 0 Å². The van der Waals surface area contributed by atoms with Gasteiger partial charge in [-0.2, -0.15) is 0 Å². The number of H-pyrrole nitrogens is 1. The SMILES string of the molecule is CCSC(=S)N[C@@H](Cc1c[nH]c2ccccc12)C(=O)O. The fourth-order valence-corrected chi connectivity index (χ4v) is 3.02. The lowest BCUT2D eigenvalue weighted by molar-refractivity contribution is -0.138. The van der Waals surface area contributed by atoms with E-state index < -0.39 is 12.0 Å². The largest absolute Gasteiger partial charge is 0.480 e. The predicted molar refractivity (Wildman–Crippen MR) is 87.3 cm³/mol. The number of thiocarbonyl (C=S) groups is 1. The van der Waals surface area contributed by atoms with Gasteiger partial charge in [-0.15, -0.1) is 0 Å². The summed E-state index contributed by atoms with van der Waals surface area (Å²) in [5, 5.41) is 13.3. The third-order valence-corrected chi connectivity index (χ3v) is 4.10. The molecule has 1 atom stereocenters. The van der Waals surface area contributed by atoms with E-state index in [0.717, 1.165) is 22.2 Å². The van der Waals surface area contributed by atoms with Crippen molar-refractivity contribution in [3.63, 3.8) is 0 Å². The molecule has 0 fully saturated rings. The molecule has 6 heteroatoms. The Kier molecular flexibility index (Phi) is 5.03. The summed E-state index contributed by atoms with van der Waals surface area (Å²) in [5.41, 5.74) is 1.99. The zero-order valence-electron chi connectivity index (χ0n) is 11.1. The van der Waals surface area contributed by atoms with Crippen LogP contribution in [-0.2, 0) is 11.2 Å². The second-order valence-electron chi connectivity index (χ2n) is 4.32. The first-order valence-corrected chi connectivity index (χ1v) is 7.72. The van der Waals surface area contributed by atoms with Gasteiger partial charge in [0.1, 0.15) is 10.4 Å². The van der Waals surface area contributed by atoms with Gasteiger partial charge in [0.15, 0.2) is 0 Å². The number of aliphatic carboxylic acids is 1. The molecule has 0 saturated carbocycles. The highest BCUT2D eigenvalue weighted by Gasteiger charge is 2.20. The summed E-state index contributed by atoms with van der Waals surface area (Å²) < 4.78 is 0.528. The Bertz CT molecular complexity index is 624. The van der Waals surface area contributed by atoms with Crippen molar-refractivity contribution in [1.82, 2.24) is 10.3 Å². The average Bonchev–Trinajstić information content (AvgIpc) is 2.82. The summed E-state index contributed by atoms with van der Waals surface area (Å²) in [6, 6.07) is 7.14. The van der Waals surface area contributed by atoms with Crippen LogP contribution in [0.15, 0.2) is 30.5 Å². The molecule has 4 nitrogen and oxygen atoms in total. The standard InChI is InChI=1S/C14H16N2O2S2/c1-2-20-14(19)16-12(13(17)18)7-9-8-15-11-6-4-3-5-10(9)11/h3-6,8,12,15H,2,7H2,1H3,(H,16,19)(H,17,18)/t12-/m0/s1. The van der Waals surface area contributed by atoms with E-state index in [4.69, 9.17) is 12.2 Å². The van der Waals surface area contributed by atoms with Gasteiger partial charge in [0.2, 0.25) is 0 Å². The molecule has 106 valence electrons. The van der Waals surface area contributed by atoms with Crippen LogP contribution < -0.4 is 5.32 Å². The number of carbonyl (C=O) groups is 1. The van der Waals surface area contributed by atoms with Gasteiger partial charge in [0.25, 0.3) is 0 Å². The normalized spacial score (nSPS) is 12.2. The summed E-state index contributed by atoms with van der Waals surface area (Å²) in [6.45, 7) is 1.98. The van der Waals surface area contributed by atoms with E-state index in [0.29, 0.717) is 10.7 Å². The van der Waals surface area contributed by atoms with Crippen LogP contribution in [0.2, 0.25) is 0 Å². The van der Waals surface area contributed by atoms with Crippen LogP contribution in [0.25, 0.3) is 10.9 Å². The third kappa shape index (κ3) is 3.52. The lowest BCUT2D eigenvalue weighted by atomic mass is 10.1. The lowest BCUT2D eigenvalue weighted by Gasteiger charge is -2.15. The monoisotopic (exact) mass is 308 g/mol. The molecule has 0 aliphatic carbocycles. The van der Waals surface area contributed by atoms with Gasteiger partial charge in [0, 0.05) is 23.5 Å². The number of fused-ring (bicyclic) bond motifs is 1. The molecule has 0 radical (unpaired) electrons. The quantitative estimate of drug-likeness (QED) is 0.741. The van der Waals surface area contributed by atoms with Gasteiger partial charge >= 0.3 is 5.97 Å². The number of benzene rings is 1. The number of nitrogens with one attached hydrogen (secondary N) is 2. The molecule has 2 aromatic rings. The molecule has 0 unspecified atom stereocenters. The van der Waals surface area contributed by atoms with E-state index >= 15 is 0 Å². The summed E-state index contributed by atoms with van der Waals surface area (Å²) in [5.74, 6) is -0.0695. The predicted octanol–water partition coefficient (Wildman–Crippen LogP) is 2.79. The van der Waals surface area contributed by atoms with Crippen molar-refractivity contribution < 1.29 is 9.90 Å². The van der Waals surface area contributed by atoms with Crippen molar-refractivity contribution in [2.24, 2.45) is 0 Å². The number of aromatic amines is 1. The van der Waals surface area contributed by atoms with E-state index in [2.05, 4.69) is 10.3 Å². The molecule has 1 heterocycles. The number of aromatic nitrogens is 1. The smallest absolute Gasteiger partial charge is 0.326 e. The molecule has 0 bridgehead atoms. The zero-order chi connectivity index (χ0) is 14.5. The van der Waals surface area contributed by atoms with Gasteiger partial charge in [-0.3, -0.25) is 0 Å². The van der Waals surface area contributed by atoms with Crippen molar-refractivity contribution in [1.29, 1.82) is 0 Å². The fourth-order valence-electron chi connectivity index (χ4n) is 2.04. The number of carboxylic acids is 1. The number of hydrogen-bond donors (Lipinski definition) is 3. The molecule has 1 aromatic carbocycles. The lowest BCUT2D eigenvalue weighted by Crippen LogP contribution is -2.40. The Morgan fingerprint density at radius 2 is 2.25 bits per heavy atom. The molecule has 1 aromatic heterocycles. The van der Waals surface area contributed by atoms with Crippen molar-refractivity contribution in [2.45, 2.75) is 19.4 Å². The highest BCUT2D eigenvalue weighted by molar-refractivity contribution is 8.22. The van der Waals surface area contributed by atoms with Crippen molar-refractivity contribution in [3.8, 4) is 0 Å². The van der Waals surface area contributed by atoms with E-state index in [1.54, 1.807) is 0 Å². The second kappa shape index (κ2) is 6.76. The first kappa shape index (κ1) is 14.9. The topological polar surface area (TPSA) is 65.1 Å². The van der Waals surface area contributed by atoms with E-state index in [9.17, 15) is 9.90 Å². The molecule has 0 amide bonds. The van der Waals surface area contributed by atoms with Crippen LogP contribution in [0.5, 0.6) is 0 Å².